The van der Waals surface area contributed by atoms with Gasteiger partial charge < -0.3 is 9.47 Å². The van der Waals surface area contributed by atoms with Crippen molar-refractivity contribution in [3.63, 3.8) is 0 Å². The zero-order valence-electron chi connectivity index (χ0n) is 12.5. The van der Waals surface area contributed by atoms with Crippen molar-refractivity contribution in [3.8, 4) is 5.75 Å². The molecule has 3 nitrogen and oxygen atoms in total. The quantitative estimate of drug-likeness (QED) is 0.846. The first kappa shape index (κ1) is 14.1. The van der Waals surface area contributed by atoms with Crippen LogP contribution in [0.2, 0.25) is 0 Å². The largest absolute Gasteiger partial charge is 0.489 e. The van der Waals surface area contributed by atoms with E-state index in [1.807, 2.05) is 6.08 Å². The third-order valence-corrected chi connectivity index (χ3v) is 3.99. The van der Waals surface area contributed by atoms with E-state index in [0.717, 1.165) is 55.2 Å². The van der Waals surface area contributed by atoms with Crippen LogP contribution in [0.1, 0.15) is 36.5 Å². The lowest BCUT2D eigenvalue weighted by Gasteiger charge is -2.26. The SMILES string of the molecule is C=Cc1ccc2c(c1OC1CCOCC1)C(C)=NCC=C2. The highest BCUT2D eigenvalue weighted by Gasteiger charge is 2.21. The van der Waals surface area contributed by atoms with Crippen molar-refractivity contribution in [1.82, 2.24) is 0 Å². The molecule has 0 amide bonds. The van der Waals surface area contributed by atoms with Gasteiger partial charge in [0.2, 0.25) is 0 Å². The second-order valence-corrected chi connectivity index (χ2v) is 5.41. The van der Waals surface area contributed by atoms with E-state index in [1.54, 1.807) is 0 Å². The van der Waals surface area contributed by atoms with Gasteiger partial charge in [0.1, 0.15) is 11.9 Å². The molecule has 0 radical (unpaired) electrons. The van der Waals surface area contributed by atoms with Crippen molar-refractivity contribution in [1.29, 1.82) is 0 Å². The van der Waals surface area contributed by atoms with Gasteiger partial charge in [0.25, 0.3) is 0 Å². The summed E-state index contributed by atoms with van der Waals surface area (Å²) in [5.74, 6) is 0.919. The van der Waals surface area contributed by atoms with Gasteiger partial charge in [-0.25, -0.2) is 0 Å². The molecule has 3 rings (SSSR count). The molecule has 0 unspecified atom stereocenters. The average Bonchev–Trinajstić information content (AvgIpc) is 2.71. The van der Waals surface area contributed by atoms with Crippen LogP contribution in [-0.2, 0) is 4.74 Å². The van der Waals surface area contributed by atoms with E-state index in [0.29, 0.717) is 0 Å². The van der Waals surface area contributed by atoms with E-state index in [-0.39, 0.29) is 6.10 Å². The summed E-state index contributed by atoms with van der Waals surface area (Å²) in [5.41, 5.74) is 4.33. The van der Waals surface area contributed by atoms with Gasteiger partial charge in [-0.2, -0.15) is 0 Å². The molecule has 110 valence electrons. The summed E-state index contributed by atoms with van der Waals surface area (Å²) in [5, 5.41) is 0. The number of aliphatic imine (C=N–C) groups is 1. The lowest BCUT2D eigenvalue weighted by atomic mass is 9.98. The highest BCUT2D eigenvalue weighted by molar-refractivity contribution is 6.05. The maximum Gasteiger partial charge on any atom is 0.136 e. The fourth-order valence-corrected chi connectivity index (χ4v) is 2.82. The summed E-state index contributed by atoms with van der Waals surface area (Å²) in [4.78, 5) is 4.58. The molecule has 1 aromatic rings. The van der Waals surface area contributed by atoms with E-state index >= 15 is 0 Å². The molecule has 0 bridgehead atoms. The molecule has 2 aliphatic rings. The predicted octanol–water partition coefficient (Wildman–Crippen LogP) is 3.72. The number of rotatable bonds is 3. The molecule has 1 fully saturated rings. The first-order valence-electron chi connectivity index (χ1n) is 7.51. The molecule has 0 spiro atoms. The molecule has 0 aliphatic carbocycles. The average molecular weight is 283 g/mol. The highest BCUT2D eigenvalue weighted by atomic mass is 16.5. The number of hydrogen-bond acceptors (Lipinski definition) is 3. The van der Waals surface area contributed by atoms with Crippen LogP contribution in [0, 0.1) is 0 Å². The smallest absolute Gasteiger partial charge is 0.136 e. The molecule has 0 saturated carbocycles. The van der Waals surface area contributed by atoms with Gasteiger partial charge in [-0.05, 0) is 12.5 Å². The van der Waals surface area contributed by atoms with Crippen molar-refractivity contribution in [2.45, 2.75) is 25.9 Å². The van der Waals surface area contributed by atoms with Crippen LogP contribution in [0.5, 0.6) is 5.75 Å². The maximum absolute atomic E-state index is 6.34. The second kappa shape index (κ2) is 6.27. The van der Waals surface area contributed by atoms with Crippen LogP contribution in [0.4, 0.5) is 0 Å². The third-order valence-electron chi connectivity index (χ3n) is 3.99. The van der Waals surface area contributed by atoms with Gasteiger partial charge in [-0.15, -0.1) is 0 Å². The van der Waals surface area contributed by atoms with Crippen molar-refractivity contribution in [2.75, 3.05) is 19.8 Å². The zero-order chi connectivity index (χ0) is 14.7. The van der Waals surface area contributed by atoms with Gasteiger partial charge in [0.15, 0.2) is 0 Å². The Morgan fingerprint density at radius 3 is 2.90 bits per heavy atom. The molecule has 0 N–H and O–H groups in total. The van der Waals surface area contributed by atoms with Gasteiger partial charge in [0, 0.05) is 29.7 Å². The summed E-state index contributed by atoms with van der Waals surface area (Å²) in [6.07, 6.45) is 8.15. The van der Waals surface area contributed by atoms with Gasteiger partial charge in [-0.3, -0.25) is 4.99 Å². The molecule has 1 saturated heterocycles. The summed E-state index contributed by atoms with van der Waals surface area (Å²) >= 11 is 0. The summed E-state index contributed by atoms with van der Waals surface area (Å²) in [6.45, 7) is 8.24. The monoisotopic (exact) mass is 283 g/mol. The Morgan fingerprint density at radius 2 is 2.14 bits per heavy atom. The lowest BCUT2D eigenvalue weighted by Crippen LogP contribution is -2.27. The van der Waals surface area contributed by atoms with Gasteiger partial charge >= 0.3 is 0 Å². The molecule has 0 aromatic heterocycles. The Bertz CT molecular complexity index is 595. The zero-order valence-corrected chi connectivity index (χ0v) is 12.5. The molecule has 1 aromatic carbocycles. The van der Waals surface area contributed by atoms with E-state index in [9.17, 15) is 0 Å². The van der Waals surface area contributed by atoms with E-state index in [2.05, 4.69) is 42.8 Å². The van der Waals surface area contributed by atoms with Crippen LogP contribution < -0.4 is 4.74 Å². The number of hydrogen-bond donors (Lipinski definition) is 0. The maximum atomic E-state index is 6.34. The minimum atomic E-state index is 0.212. The van der Waals surface area contributed by atoms with Crippen LogP contribution in [0.15, 0.2) is 29.8 Å². The summed E-state index contributed by atoms with van der Waals surface area (Å²) < 4.78 is 11.7. The number of ether oxygens (including phenoxy) is 2. The Balaban J connectivity index is 2.04. The molecule has 3 heteroatoms. The van der Waals surface area contributed by atoms with Crippen LogP contribution in [-0.4, -0.2) is 31.6 Å². The Hall–Kier alpha value is -1.87. The first-order valence-corrected chi connectivity index (χ1v) is 7.51. The van der Waals surface area contributed by atoms with Gasteiger partial charge in [-0.1, -0.05) is 36.9 Å². The van der Waals surface area contributed by atoms with Crippen LogP contribution in [0.3, 0.4) is 0 Å². The Kier molecular flexibility index (Phi) is 4.20. The topological polar surface area (TPSA) is 30.8 Å². The lowest BCUT2D eigenvalue weighted by molar-refractivity contribution is 0.0254. The minimum absolute atomic E-state index is 0.212. The summed E-state index contributed by atoms with van der Waals surface area (Å²) in [7, 11) is 0. The molecule has 21 heavy (non-hydrogen) atoms. The summed E-state index contributed by atoms with van der Waals surface area (Å²) in [6, 6.07) is 4.19. The number of fused-ring (bicyclic) bond motifs is 1. The fourth-order valence-electron chi connectivity index (χ4n) is 2.82. The van der Waals surface area contributed by atoms with Crippen LogP contribution >= 0.6 is 0 Å². The van der Waals surface area contributed by atoms with E-state index < -0.39 is 0 Å². The normalized spacial score (nSPS) is 18.6. The van der Waals surface area contributed by atoms with Crippen molar-refractivity contribution < 1.29 is 9.47 Å². The first-order chi connectivity index (χ1) is 10.3. The number of benzene rings is 1. The van der Waals surface area contributed by atoms with Crippen LogP contribution in [0.25, 0.3) is 12.2 Å². The Labute approximate surface area is 126 Å². The molecule has 2 heterocycles. The predicted molar refractivity (Wildman–Crippen MR) is 87.1 cm³/mol. The van der Waals surface area contributed by atoms with Crippen molar-refractivity contribution in [2.24, 2.45) is 4.99 Å². The molecular formula is C18H21NO2. The van der Waals surface area contributed by atoms with Crippen molar-refractivity contribution in [3.05, 3.63) is 41.5 Å². The van der Waals surface area contributed by atoms with Gasteiger partial charge in [0.05, 0.1) is 19.8 Å². The highest BCUT2D eigenvalue weighted by Crippen LogP contribution is 2.33. The van der Waals surface area contributed by atoms with Crippen molar-refractivity contribution >= 4 is 17.9 Å². The molecule has 2 aliphatic heterocycles. The fraction of sp³-hybridized carbons (Fsp3) is 0.389. The second-order valence-electron chi connectivity index (χ2n) is 5.41. The standard InChI is InChI=1S/C18H21NO2/c1-3-14-6-7-15-5-4-10-19-13(2)17(15)18(14)21-16-8-11-20-12-9-16/h3-7,16H,1,8-12H2,2H3. The molecule has 0 atom stereocenters. The van der Waals surface area contributed by atoms with E-state index in [4.69, 9.17) is 9.47 Å². The number of nitrogens with zero attached hydrogens (tertiary/aromatic N) is 1. The minimum Gasteiger partial charge on any atom is -0.489 e. The Morgan fingerprint density at radius 1 is 1.33 bits per heavy atom. The van der Waals surface area contributed by atoms with E-state index in [1.165, 1.54) is 5.56 Å². The third kappa shape index (κ3) is 2.93. The molecular weight excluding hydrogens is 262 g/mol.